The van der Waals surface area contributed by atoms with Gasteiger partial charge in [0, 0.05) is 17.8 Å². The van der Waals surface area contributed by atoms with Crippen LogP contribution < -0.4 is 0 Å². The van der Waals surface area contributed by atoms with E-state index in [0.717, 1.165) is 13.0 Å². The van der Waals surface area contributed by atoms with E-state index >= 15 is 0 Å². The zero-order valence-electron chi connectivity index (χ0n) is 5.45. The highest BCUT2D eigenvalue weighted by Gasteiger charge is 2.24. The first-order valence-corrected chi connectivity index (χ1v) is 4.06. The smallest absolute Gasteiger partial charge is 0.0389 e. The number of rotatable bonds is 1. The maximum atomic E-state index is 4.84. The molecule has 1 saturated heterocycles. The highest BCUT2D eigenvalue weighted by molar-refractivity contribution is 7.81. The third kappa shape index (κ3) is 1.66. The summed E-state index contributed by atoms with van der Waals surface area (Å²) in [4.78, 5) is 2.24. The van der Waals surface area contributed by atoms with E-state index in [1.165, 1.54) is 0 Å². The van der Waals surface area contributed by atoms with Crippen molar-refractivity contribution in [2.24, 2.45) is 0 Å². The third-order valence-corrected chi connectivity index (χ3v) is 2.42. The molecule has 0 spiro atoms. The van der Waals surface area contributed by atoms with Gasteiger partial charge in [-0.2, -0.15) is 12.6 Å². The molecule has 3 heteroatoms. The molecule has 1 aliphatic heterocycles. The molecule has 9 heavy (non-hydrogen) atoms. The second-order valence-corrected chi connectivity index (χ2v) is 3.53. The first-order valence-electron chi connectivity index (χ1n) is 3.07. The highest BCUT2D eigenvalue weighted by atomic mass is 32.1. The SMILES string of the molecule is CN1C[C@@H](S)CC1C=S. The van der Waals surface area contributed by atoms with E-state index in [1.807, 2.05) is 5.37 Å². The molecule has 52 valence electrons. The van der Waals surface area contributed by atoms with Gasteiger partial charge in [-0.1, -0.05) is 12.2 Å². The molecule has 0 aromatic carbocycles. The third-order valence-electron chi connectivity index (χ3n) is 1.74. The van der Waals surface area contributed by atoms with Gasteiger partial charge in [0.15, 0.2) is 0 Å². The van der Waals surface area contributed by atoms with E-state index in [4.69, 9.17) is 12.2 Å². The molecule has 0 bridgehead atoms. The molecule has 1 unspecified atom stereocenters. The summed E-state index contributed by atoms with van der Waals surface area (Å²) in [7, 11) is 2.09. The predicted molar refractivity (Wildman–Crippen MR) is 47.5 cm³/mol. The minimum absolute atomic E-state index is 0.488. The molecule has 0 saturated carbocycles. The maximum Gasteiger partial charge on any atom is 0.0389 e. The standard InChI is InChI=1S/C6H11NS2/c1-7-3-6(9)2-5(7)4-8/h4-6,9H,2-3H2,1H3/t5?,6-/m0/s1. The number of thiocarbonyl (C=S) groups is 1. The fraction of sp³-hybridized carbons (Fsp3) is 0.833. The summed E-state index contributed by atoms with van der Waals surface area (Å²) in [5.74, 6) is 0. The van der Waals surface area contributed by atoms with Crippen LogP contribution in [0.5, 0.6) is 0 Å². The Hall–Kier alpha value is 0.400. The van der Waals surface area contributed by atoms with Crippen LogP contribution in [-0.2, 0) is 0 Å². The first-order chi connectivity index (χ1) is 4.24. The largest absolute Gasteiger partial charge is 0.298 e. The molecule has 1 heterocycles. The number of hydrogen-bond donors (Lipinski definition) is 1. The van der Waals surface area contributed by atoms with Crippen LogP contribution in [0.25, 0.3) is 0 Å². The second-order valence-electron chi connectivity index (χ2n) is 2.53. The average molecular weight is 161 g/mol. The van der Waals surface area contributed by atoms with E-state index < -0.39 is 0 Å². The van der Waals surface area contributed by atoms with Gasteiger partial charge in [-0.15, -0.1) is 0 Å². The monoisotopic (exact) mass is 161 g/mol. The molecule has 0 aromatic rings. The van der Waals surface area contributed by atoms with Crippen molar-refractivity contribution in [3.8, 4) is 0 Å². The molecule has 2 atom stereocenters. The molecule has 0 aromatic heterocycles. The van der Waals surface area contributed by atoms with E-state index in [2.05, 4.69) is 24.6 Å². The summed E-state index contributed by atoms with van der Waals surface area (Å²) in [6.07, 6.45) is 1.11. The van der Waals surface area contributed by atoms with E-state index in [1.54, 1.807) is 0 Å². The average Bonchev–Trinajstić information content (AvgIpc) is 2.10. The van der Waals surface area contributed by atoms with Gasteiger partial charge >= 0.3 is 0 Å². The van der Waals surface area contributed by atoms with Crippen LogP contribution in [0.4, 0.5) is 0 Å². The number of hydrogen-bond acceptors (Lipinski definition) is 3. The Balaban J connectivity index is 2.47. The minimum Gasteiger partial charge on any atom is -0.298 e. The highest BCUT2D eigenvalue weighted by Crippen LogP contribution is 2.18. The van der Waals surface area contributed by atoms with Crippen molar-refractivity contribution in [1.29, 1.82) is 0 Å². The Kier molecular flexibility index (Phi) is 2.50. The van der Waals surface area contributed by atoms with Gasteiger partial charge in [-0.3, -0.25) is 4.90 Å². The Morgan fingerprint density at radius 1 is 1.78 bits per heavy atom. The lowest BCUT2D eigenvalue weighted by atomic mass is 10.2. The van der Waals surface area contributed by atoms with Crippen LogP contribution in [0.15, 0.2) is 0 Å². The fourth-order valence-electron chi connectivity index (χ4n) is 1.16. The Bertz CT molecular complexity index is 116. The van der Waals surface area contributed by atoms with E-state index in [-0.39, 0.29) is 0 Å². The first kappa shape index (κ1) is 7.51. The van der Waals surface area contributed by atoms with Gasteiger partial charge in [0.2, 0.25) is 0 Å². The van der Waals surface area contributed by atoms with Crippen molar-refractivity contribution >= 4 is 30.2 Å². The maximum absolute atomic E-state index is 4.84. The topological polar surface area (TPSA) is 3.24 Å². The van der Waals surface area contributed by atoms with E-state index in [9.17, 15) is 0 Å². The Morgan fingerprint density at radius 3 is 2.67 bits per heavy atom. The van der Waals surface area contributed by atoms with Crippen molar-refractivity contribution in [1.82, 2.24) is 4.90 Å². The van der Waals surface area contributed by atoms with Gasteiger partial charge in [0.05, 0.1) is 0 Å². The summed E-state index contributed by atoms with van der Waals surface area (Å²) in [6.45, 7) is 1.07. The molecular formula is C6H11NS2. The van der Waals surface area contributed by atoms with Gasteiger partial charge in [-0.05, 0) is 18.8 Å². The molecule has 0 amide bonds. The summed E-state index contributed by atoms with van der Waals surface area (Å²) >= 11 is 9.20. The second kappa shape index (κ2) is 2.99. The van der Waals surface area contributed by atoms with Crippen LogP contribution in [0.2, 0.25) is 0 Å². The quantitative estimate of drug-likeness (QED) is 0.451. The van der Waals surface area contributed by atoms with E-state index in [0.29, 0.717) is 11.3 Å². The lowest BCUT2D eigenvalue weighted by Gasteiger charge is -2.12. The van der Waals surface area contributed by atoms with Crippen molar-refractivity contribution in [2.45, 2.75) is 17.7 Å². The molecule has 1 fully saturated rings. The normalized spacial score (nSPS) is 37.1. The lowest BCUT2D eigenvalue weighted by molar-refractivity contribution is 0.380. The zero-order valence-corrected chi connectivity index (χ0v) is 7.16. The van der Waals surface area contributed by atoms with Crippen molar-refractivity contribution in [2.75, 3.05) is 13.6 Å². The van der Waals surface area contributed by atoms with Crippen LogP contribution in [0.3, 0.4) is 0 Å². The van der Waals surface area contributed by atoms with Gasteiger partial charge in [-0.25, -0.2) is 0 Å². The summed E-state index contributed by atoms with van der Waals surface area (Å²) in [5, 5.41) is 2.36. The van der Waals surface area contributed by atoms with Crippen LogP contribution in [0, 0.1) is 0 Å². The molecule has 0 radical (unpaired) electrons. The number of nitrogens with zero attached hydrogens (tertiary/aromatic N) is 1. The van der Waals surface area contributed by atoms with Crippen LogP contribution in [0.1, 0.15) is 6.42 Å². The van der Waals surface area contributed by atoms with Crippen LogP contribution >= 0.6 is 24.8 Å². The summed E-state index contributed by atoms with van der Waals surface area (Å²) in [5.41, 5.74) is 0. The molecule has 1 aliphatic rings. The molecule has 0 N–H and O–H groups in total. The van der Waals surface area contributed by atoms with Gasteiger partial charge in [0.25, 0.3) is 0 Å². The number of thiol groups is 1. The van der Waals surface area contributed by atoms with Crippen molar-refractivity contribution in [3.05, 3.63) is 0 Å². The molecular weight excluding hydrogens is 150 g/mol. The van der Waals surface area contributed by atoms with Crippen molar-refractivity contribution in [3.63, 3.8) is 0 Å². The minimum atomic E-state index is 0.488. The summed E-state index contributed by atoms with van der Waals surface area (Å²) in [6, 6.07) is 0.488. The molecule has 0 aliphatic carbocycles. The van der Waals surface area contributed by atoms with Gasteiger partial charge < -0.3 is 0 Å². The van der Waals surface area contributed by atoms with Crippen LogP contribution in [-0.4, -0.2) is 35.2 Å². The summed E-state index contributed by atoms with van der Waals surface area (Å²) < 4.78 is 0. The number of likely N-dealkylation sites (tertiary alicyclic amines) is 1. The Morgan fingerprint density at radius 2 is 2.44 bits per heavy atom. The zero-order chi connectivity index (χ0) is 6.85. The predicted octanol–water partition coefficient (Wildman–Crippen LogP) is 0.989. The van der Waals surface area contributed by atoms with Crippen molar-refractivity contribution < 1.29 is 0 Å². The molecule has 1 nitrogen and oxygen atoms in total. The van der Waals surface area contributed by atoms with Gasteiger partial charge in [0.1, 0.15) is 0 Å². The fourth-order valence-corrected chi connectivity index (χ4v) is 1.95. The lowest BCUT2D eigenvalue weighted by Crippen LogP contribution is -2.25. The molecule has 1 rings (SSSR count). The Labute approximate surface area is 66.8 Å².